The van der Waals surface area contributed by atoms with Gasteiger partial charge in [0.05, 0.1) is 9.92 Å². The lowest BCUT2D eigenvalue weighted by Gasteiger charge is -2.15. The number of benzene rings is 3. The van der Waals surface area contributed by atoms with Crippen molar-refractivity contribution in [2.24, 2.45) is 0 Å². The van der Waals surface area contributed by atoms with Gasteiger partial charge in [0.25, 0.3) is 5.91 Å². The molecule has 0 heterocycles. The van der Waals surface area contributed by atoms with Crippen LogP contribution in [0.15, 0.2) is 71.6 Å². The van der Waals surface area contributed by atoms with Crippen molar-refractivity contribution in [3.63, 3.8) is 0 Å². The Hall–Kier alpha value is -2.87. The molecule has 3 rings (SSSR count). The van der Waals surface area contributed by atoms with E-state index in [1.54, 1.807) is 25.1 Å². The number of nitrogens with one attached hydrogen (secondary N) is 1. The summed E-state index contributed by atoms with van der Waals surface area (Å²) in [7, 11) is -0.702. The molecule has 3 aromatic carbocycles. The van der Waals surface area contributed by atoms with Crippen LogP contribution in [-0.2, 0) is 14.8 Å². The molecule has 0 aliphatic heterocycles. The quantitative estimate of drug-likeness (QED) is 0.562. The van der Waals surface area contributed by atoms with Crippen molar-refractivity contribution in [2.75, 3.05) is 26.0 Å². The van der Waals surface area contributed by atoms with Gasteiger partial charge in [-0.1, -0.05) is 54.1 Å². The topological polar surface area (TPSA) is 75.7 Å². The van der Waals surface area contributed by atoms with Crippen LogP contribution in [0.2, 0.25) is 5.02 Å². The Morgan fingerprint density at radius 1 is 1.00 bits per heavy atom. The third-order valence-electron chi connectivity index (χ3n) is 4.66. The van der Waals surface area contributed by atoms with Gasteiger partial charge < -0.3 is 10.1 Å². The Kier molecular flexibility index (Phi) is 7.00. The van der Waals surface area contributed by atoms with E-state index in [-0.39, 0.29) is 11.5 Å². The maximum atomic E-state index is 12.4. The lowest BCUT2D eigenvalue weighted by atomic mass is 10.1. The highest BCUT2D eigenvalue weighted by Gasteiger charge is 2.19. The number of carbonyl (C=O) groups is 1. The standard InChI is InChI=1S/C23H23ClN2O4S/c1-16-9-11-19(31(28,29)26(2)3)14-21(16)25-23(27)15-30-22-12-10-18(13-20(22)24)17-7-5-4-6-8-17/h4-14H,15H2,1-3H3,(H,25,27). The van der Waals surface area contributed by atoms with Crippen LogP contribution in [0.1, 0.15) is 5.56 Å². The van der Waals surface area contributed by atoms with E-state index >= 15 is 0 Å². The molecule has 0 atom stereocenters. The Bertz CT molecular complexity index is 1200. The van der Waals surface area contributed by atoms with E-state index in [4.69, 9.17) is 16.3 Å². The number of rotatable bonds is 7. The minimum atomic E-state index is -3.61. The van der Waals surface area contributed by atoms with Crippen LogP contribution in [0.3, 0.4) is 0 Å². The number of anilines is 1. The summed E-state index contributed by atoms with van der Waals surface area (Å²) in [6.45, 7) is 1.51. The molecule has 3 aromatic rings. The van der Waals surface area contributed by atoms with E-state index in [0.29, 0.717) is 16.5 Å². The van der Waals surface area contributed by atoms with Gasteiger partial charge in [0.1, 0.15) is 5.75 Å². The molecule has 0 bridgehead atoms. The minimum Gasteiger partial charge on any atom is -0.482 e. The van der Waals surface area contributed by atoms with Gasteiger partial charge in [-0.15, -0.1) is 0 Å². The summed E-state index contributed by atoms with van der Waals surface area (Å²) in [5, 5.41) is 3.09. The summed E-state index contributed by atoms with van der Waals surface area (Å²) in [6.07, 6.45) is 0. The number of halogens is 1. The average Bonchev–Trinajstić information content (AvgIpc) is 2.74. The maximum absolute atomic E-state index is 12.4. The molecule has 0 fully saturated rings. The van der Waals surface area contributed by atoms with Crippen LogP contribution in [0.25, 0.3) is 11.1 Å². The molecule has 8 heteroatoms. The van der Waals surface area contributed by atoms with E-state index in [1.807, 2.05) is 36.4 Å². The molecule has 0 aliphatic carbocycles. The summed E-state index contributed by atoms with van der Waals surface area (Å²) in [5.41, 5.74) is 3.10. The van der Waals surface area contributed by atoms with Crippen molar-refractivity contribution in [1.29, 1.82) is 0 Å². The van der Waals surface area contributed by atoms with Gasteiger partial charge >= 0.3 is 0 Å². The van der Waals surface area contributed by atoms with Gasteiger partial charge in [-0.25, -0.2) is 12.7 Å². The van der Waals surface area contributed by atoms with Crippen LogP contribution < -0.4 is 10.1 Å². The van der Waals surface area contributed by atoms with Crippen molar-refractivity contribution in [3.05, 3.63) is 77.3 Å². The molecule has 0 radical (unpaired) electrons. The third kappa shape index (κ3) is 5.44. The Balaban J connectivity index is 1.68. The molecule has 1 N–H and O–H groups in total. The SMILES string of the molecule is Cc1ccc(S(=O)(=O)N(C)C)cc1NC(=O)COc1ccc(-c2ccccc2)cc1Cl. The van der Waals surface area contributed by atoms with Gasteiger partial charge in [0.2, 0.25) is 10.0 Å². The second kappa shape index (κ2) is 9.51. The highest BCUT2D eigenvalue weighted by Crippen LogP contribution is 2.30. The number of nitrogens with zero attached hydrogens (tertiary/aromatic N) is 1. The molecule has 1 amide bonds. The maximum Gasteiger partial charge on any atom is 0.262 e. The van der Waals surface area contributed by atoms with Crippen LogP contribution in [-0.4, -0.2) is 39.3 Å². The predicted octanol–water partition coefficient (Wildman–Crippen LogP) is 4.58. The van der Waals surface area contributed by atoms with Crippen molar-refractivity contribution in [3.8, 4) is 16.9 Å². The fourth-order valence-corrected chi connectivity index (χ4v) is 4.03. The molecule has 0 unspecified atom stereocenters. The largest absolute Gasteiger partial charge is 0.482 e. The van der Waals surface area contributed by atoms with Crippen LogP contribution in [0.4, 0.5) is 5.69 Å². The fraction of sp³-hybridized carbons (Fsp3) is 0.174. The van der Waals surface area contributed by atoms with E-state index in [0.717, 1.165) is 21.0 Å². The molecule has 6 nitrogen and oxygen atoms in total. The van der Waals surface area contributed by atoms with Crippen LogP contribution in [0, 0.1) is 6.92 Å². The molecular weight excluding hydrogens is 436 g/mol. The summed E-state index contributed by atoms with van der Waals surface area (Å²) >= 11 is 6.32. The zero-order valence-electron chi connectivity index (χ0n) is 17.4. The first-order valence-corrected chi connectivity index (χ1v) is 11.3. The highest BCUT2D eigenvalue weighted by molar-refractivity contribution is 7.89. The van der Waals surface area contributed by atoms with Gasteiger partial charge in [-0.3, -0.25) is 4.79 Å². The molecule has 0 saturated heterocycles. The smallest absolute Gasteiger partial charge is 0.262 e. The number of amides is 1. The molecule has 0 aromatic heterocycles. The molecule has 162 valence electrons. The second-order valence-electron chi connectivity index (χ2n) is 7.11. The number of hydrogen-bond donors (Lipinski definition) is 1. The van der Waals surface area contributed by atoms with Gasteiger partial charge in [-0.2, -0.15) is 0 Å². The van der Waals surface area contributed by atoms with Crippen LogP contribution >= 0.6 is 11.6 Å². The van der Waals surface area contributed by atoms with Crippen molar-refractivity contribution < 1.29 is 17.9 Å². The van der Waals surface area contributed by atoms with Gasteiger partial charge in [-0.05, 0) is 47.9 Å². The lowest BCUT2D eigenvalue weighted by Crippen LogP contribution is -2.23. The van der Waals surface area contributed by atoms with Crippen molar-refractivity contribution >= 4 is 33.2 Å². The summed E-state index contributed by atoms with van der Waals surface area (Å²) in [6, 6.07) is 19.7. The van der Waals surface area contributed by atoms with E-state index in [2.05, 4.69) is 5.32 Å². The van der Waals surface area contributed by atoms with E-state index < -0.39 is 15.9 Å². The van der Waals surface area contributed by atoms with E-state index in [1.165, 1.54) is 26.2 Å². The fourth-order valence-electron chi connectivity index (χ4n) is 2.86. The minimum absolute atomic E-state index is 0.0962. The summed E-state index contributed by atoms with van der Waals surface area (Å²) in [5.74, 6) is -0.0390. The highest BCUT2D eigenvalue weighted by atomic mass is 35.5. The second-order valence-corrected chi connectivity index (χ2v) is 9.67. The van der Waals surface area contributed by atoms with Crippen molar-refractivity contribution in [2.45, 2.75) is 11.8 Å². The summed E-state index contributed by atoms with van der Waals surface area (Å²) in [4.78, 5) is 12.5. The molecule has 0 saturated carbocycles. The normalized spacial score (nSPS) is 11.4. The van der Waals surface area contributed by atoms with Gasteiger partial charge in [0.15, 0.2) is 6.61 Å². The molecule has 0 aliphatic rings. The predicted molar refractivity (Wildman–Crippen MR) is 123 cm³/mol. The number of carbonyl (C=O) groups excluding carboxylic acids is 1. The monoisotopic (exact) mass is 458 g/mol. The van der Waals surface area contributed by atoms with Crippen LogP contribution in [0.5, 0.6) is 5.75 Å². The Morgan fingerprint density at radius 3 is 2.35 bits per heavy atom. The summed E-state index contributed by atoms with van der Waals surface area (Å²) < 4.78 is 31.4. The Labute approximate surface area is 187 Å². The first-order valence-electron chi connectivity index (χ1n) is 9.49. The molecule has 0 spiro atoms. The van der Waals surface area contributed by atoms with Crippen molar-refractivity contribution in [1.82, 2.24) is 4.31 Å². The van der Waals surface area contributed by atoms with Gasteiger partial charge in [0, 0.05) is 19.8 Å². The number of sulfonamides is 1. The van der Waals surface area contributed by atoms with E-state index in [9.17, 15) is 13.2 Å². The number of ether oxygens (including phenoxy) is 1. The number of hydrogen-bond acceptors (Lipinski definition) is 4. The molecule has 31 heavy (non-hydrogen) atoms. The Morgan fingerprint density at radius 2 is 1.71 bits per heavy atom. The lowest BCUT2D eigenvalue weighted by molar-refractivity contribution is -0.118. The first kappa shape index (κ1) is 22.8. The number of aryl methyl sites for hydroxylation is 1. The first-order chi connectivity index (χ1) is 14.7. The zero-order valence-corrected chi connectivity index (χ0v) is 19.0. The molecular formula is C23H23ClN2O4S. The third-order valence-corrected chi connectivity index (χ3v) is 6.77. The zero-order chi connectivity index (χ0) is 22.6. The average molecular weight is 459 g/mol.